The summed E-state index contributed by atoms with van der Waals surface area (Å²) in [6, 6.07) is 5.18. The van der Waals surface area contributed by atoms with Crippen LogP contribution in [0.3, 0.4) is 0 Å². The predicted octanol–water partition coefficient (Wildman–Crippen LogP) is 1.85. The second kappa shape index (κ2) is 4.89. The van der Waals surface area contributed by atoms with E-state index in [1.807, 2.05) is 0 Å². The van der Waals surface area contributed by atoms with Crippen LogP contribution in [0.25, 0.3) is 0 Å². The minimum atomic E-state index is -1.21. The summed E-state index contributed by atoms with van der Waals surface area (Å²) >= 11 is 5.69. The van der Waals surface area contributed by atoms with Crippen LogP contribution in [0.15, 0.2) is 24.3 Å². The lowest BCUT2D eigenvalue weighted by Gasteiger charge is -2.06. The van der Waals surface area contributed by atoms with Gasteiger partial charge in [0.2, 0.25) is 0 Å². The van der Waals surface area contributed by atoms with Gasteiger partial charge in [-0.1, -0.05) is 12.1 Å². The number of esters is 1. The largest absolute Gasteiger partial charge is 0.463 e. The molecule has 0 aliphatic heterocycles. The molecule has 0 N–H and O–H groups in total. The van der Waals surface area contributed by atoms with Crippen LogP contribution >= 0.6 is 11.6 Å². The minimum absolute atomic E-state index is 0.229. The zero-order chi connectivity index (χ0) is 11.4. The molecule has 0 aliphatic carbocycles. The number of ether oxygens (including phenoxy) is 1. The second-order valence-electron chi connectivity index (χ2n) is 2.77. The smallest absolute Gasteiger partial charge is 0.376 e. The van der Waals surface area contributed by atoms with Crippen molar-refractivity contribution in [3.8, 4) is 0 Å². The molecule has 0 saturated heterocycles. The van der Waals surface area contributed by atoms with E-state index in [1.54, 1.807) is 0 Å². The number of ketones is 1. The van der Waals surface area contributed by atoms with Crippen LogP contribution < -0.4 is 0 Å². The molecule has 0 fully saturated rings. The molecule has 0 spiro atoms. The Hall–Kier alpha value is -1.42. The van der Waals surface area contributed by atoms with Crippen LogP contribution in [-0.4, -0.2) is 18.9 Å². The number of hydrogen-bond donors (Lipinski definition) is 0. The van der Waals surface area contributed by atoms with E-state index in [0.29, 0.717) is 0 Å². The third kappa shape index (κ3) is 2.76. The predicted molar refractivity (Wildman–Crippen MR) is 52.0 cm³/mol. The first-order chi connectivity index (χ1) is 7.06. The maximum Gasteiger partial charge on any atom is 0.376 e. The summed E-state index contributed by atoms with van der Waals surface area (Å²) in [5.41, 5.74) is 0.229. The third-order valence-corrected chi connectivity index (χ3v) is 2.21. The monoisotopic (exact) mass is 230 g/mol. The van der Waals surface area contributed by atoms with Crippen molar-refractivity contribution < 1.29 is 18.7 Å². The quantitative estimate of drug-likeness (QED) is 0.452. The number of carbonyl (C=O) groups excluding carboxylic acids is 2. The fourth-order valence-electron chi connectivity index (χ4n) is 1.02. The van der Waals surface area contributed by atoms with Gasteiger partial charge in [-0.3, -0.25) is 4.79 Å². The summed E-state index contributed by atoms with van der Waals surface area (Å²) in [6.07, 6.45) is 0. The zero-order valence-corrected chi connectivity index (χ0v) is 8.62. The van der Waals surface area contributed by atoms with Gasteiger partial charge < -0.3 is 4.74 Å². The number of carbonyl (C=O) groups is 2. The second-order valence-corrected chi connectivity index (χ2v) is 3.21. The molecule has 0 aliphatic rings. The molecular weight excluding hydrogens is 223 g/mol. The molecular formula is C10H8ClFO3. The maximum absolute atomic E-state index is 12.8. The van der Waals surface area contributed by atoms with Gasteiger partial charge in [-0.05, 0) is 17.7 Å². The van der Waals surface area contributed by atoms with E-state index in [4.69, 9.17) is 11.6 Å². The van der Waals surface area contributed by atoms with E-state index in [-0.39, 0.29) is 5.56 Å². The van der Waals surface area contributed by atoms with Gasteiger partial charge in [-0.25, -0.2) is 9.18 Å². The van der Waals surface area contributed by atoms with Crippen LogP contribution in [-0.2, 0) is 14.3 Å². The lowest BCUT2D eigenvalue weighted by Crippen LogP contribution is -2.20. The Morgan fingerprint density at radius 1 is 1.47 bits per heavy atom. The van der Waals surface area contributed by atoms with E-state index in [1.165, 1.54) is 18.2 Å². The van der Waals surface area contributed by atoms with Crippen LogP contribution in [0.1, 0.15) is 10.9 Å². The van der Waals surface area contributed by atoms with Gasteiger partial charge in [0.25, 0.3) is 5.78 Å². The third-order valence-electron chi connectivity index (χ3n) is 1.76. The molecule has 0 aromatic heterocycles. The van der Waals surface area contributed by atoms with Crippen LogP contribution in [0.2, 0.25) is 0 Å². The first-order valence-corrected chi connectivity index (χ1v) is 4.51. The molecule has 1 aromatic carbocycles. The van der Waals surface area contributed by atoms with Crippen molar-refractivity contribution in [2.75, 3.05) is 7.11 Å². The van der Waals surface area contributed by atoms with Crippen LogP contribution in [0, 0.1) is 5.82 Å². The summed E-state index contributed by atoms with van der Waals surface area (Å²) in [7, 11) is 1.08. The van der Waals surface area contributed by atoms with E-state index in [9.17, 15) is 14.0 Å². The molecule has 1 aromatic rings. The normalized spacial score (nSPS) is 11.9. The summed E-state index contributed by atoms with van der Waals surface area (Å²) in [5.74, 6) is -2.47. The van der Waals surface area contributed by atoms with Gasteiger partial charge in [0.1, 0.15) is 11.2 Å². The Morgan fingerprint density at radius 3 is 2.67 bits per heavy atom. The molecule has 0 bridgehead atoms. The van der Waals surface area contributed by atoms with E-state index < -0.39 is 22.9 Å². The minimum Gasteiger partial charge on any atom is -0.463 e. The zero-order valence-electron chi connectivity index (χ0n) is 7.87. The molecule has 0 unspecified atom stereocenters. The number of benzene rings is 1. The first kappa shape index (κ1) is 11.7. The lowest BCUT2D eigenvalue weighted by atomic mass is 10.1. The van der Waals surface area contributed by atoms with Crippen molar-refractivity contribution in [2.24, 2.45) is 0 Å². The summed E-state index contributed by atoms with van der Waals surface area (Å²) in [6.45, 7) is 0. The van der Waals surface area contributed by atoms with Crippen molar-refractivity contribution in [2.45, 2.75) is 5.38 Å². The van der Waals surface area contributed by atoms with Crippen molar-refractivity contribution in [1.29, 1.82) is 0 Å². The molecule has 5 heteroatoms. The number of rotatable bonds is 3. The highest BCUT2D eigenvalue weighted by Crippen LogP contribution is 2.22. The molecule has 0 radical (unpaired) electrons. The van der Waals surface area contributed by atoms with Gasteiger partial charge in [-0.15, -0.1) is 11.6 Å². The van der Waals surface area contributed by atoms with Gasteiger partial charge in [-0.2, -0.15) is 0 Å². The lowest BCUT2D eigenvalue weighted by molar-refractivity contribution is -0.151. The first-order valence-electron chi connectivity index (χ1n) is 4.08. The Bertz CT molecular complexity index is 392. The van der Waals surface area contributed by atoms with Gasteiger partial charge in [0, 0.05) is 0 Å². The molecule has 80 valence electrons. The Morgan fingerprint density at radius 2 is 2.13 bits per heavy atom. The molecule has 1 atom stereocenters. The Labute approximate surface area is 90.8 Å². The number of halogens is 2. The highest BCUT2D eigenvalue weighted by molar-refractivity contribution is 6.47. The highest BCUT2D eigenvalue weighted by atomic mass is 35.5. The number of Topliss-reactive ketones (excluding diaryl/α,β-unsaturated/α-hetero) is 1. The molecule has 1 rings (SSSR count). The molecule has 15 heavy (non-hydrogen) atoms. The van der Waals surface area contributed by atoms with E-state index >= 15 is 0 Å². The van der Waals surface area contributed by atoms with E-state index in [2.05, 4.69) is 4.74 Å². The number of hydrogen-bond acceptors (Lipinski definition) is 3. The number of alkyl halides is 1. The van der Waals surface area contributed by atoms with Gasteiger partial charge in [0.15, 0.2) is 0 Å². The maximum atomic E-state index is 12.8. The average molecular weight is 231 g/mol. The van der Waals surface area contributed by atoms with Crippen molar-refractivity contribution in [1.82, 2.24) is 0 Å². The SMILES string of the molecule is COC(=O)C(=O)[C@@H](Cl)c1cccc(F)c1. The van der Waals surface area contributed by atoms with Crippen LogP contribution in [0.5, 0.6) is 0 Å². The molecule has 0 saturated carbocycles. The van der Waals surface area contributed by atoms with Crippen molar-refractivity contribution in [3.63, 3.8) is 0 Å². The summed E-state index contributed by atoms with van der Waals surface area (Å²) < 4.78 is 17.0. The summed E-state index contributed by atoms with van der Waals surface area (Å²) in [5, 5.41) is -1.21. The molecule has 3 nitrogen and oxygen atoms in total. The van der Waals surface area contributed by atoms with E-state index in [0.717, 1.165) is 13.2 Å². The molecule has 0 amide bonds. The Balaban J connectivity index is 2.89. The van der Waals surface area contributed by atoms with Gasteiger partial charge in [0.05, 0.1) is 7.11 Å². The standard InChI is InChI=1S/C10H8ClFO3/c1-15-10(14)9(13)8(11)6-3-2-4-7(12)5-6/h2-5,8H,1H3/t8-/m0/s1. The fourth-order valence-corrected chi connectivity index (χ4v) is 1.24. The molecule has 0 heterocycles. The van der Waals surface area contributed by atoms with Crippen molar-refractivity contribution >= 4 is 23.4 Å². The van der Waals surface area contributed by atoms with Crippen LogP contribution in [0.4, 0.5) is 4.39 Å². The Kier molecular flexibility index (Phi) is 3.80. The highest BCUT2D eigenvalue weighted by Gasteiger charge is 2.25. The average Bonchev–Trinajstić information content (AvgIpc) is 2.26. The van der Waals surface area contributed by atoms with Crippen molar-refractivity contribution in [3.05, 3.63) is 35.6 Å². The fraction of sp³-hybridized carbons (Fsp3) is 0.200. The summed E-state index contributed by atoms with van der Waals surface area (Å²) in [4.78, 5) is 22.1. The van der Waals surface area contributed by atoms with Gasteiger partial charge >= 0.3 is 5.97 Å². The number of methoxy groups -OCH3 is 1. The topological polar surface area (TPSA) is 43.4 Å².